The Kier molecular flexibility index (Phi) is 5.53. The van der Waals surface area contributed by atoms with Crippen LogP contribution < -0.4 is 0 Å². The van der Waals surface area contributed by atoms with E-state index in [1.54, 1.807) is 12.5 Å². The Labute approximate surface area is 119 Å². The molecule has 0 saturated carbocycles. The molecule has 0 amide bonds. The third-order valence-corrected chi connectivity index (χ3v) is 4.89. The molecule has 0 aliphatic carbocycles. The van der Waals surface area contributed by atoms with Gasteiger partial charge in [0.25, 0.3) is 0 Å². The predicted molar refractivity (Wildman–Crippen MR) is 73.9 cm³/mol. The Hall–Kier alpha value is -0.960. The minimum atomic E-state index is -2.87. The van der Waals surface area contributed by atoms with Gasteiger partial charge < -0.3 is 14.4 Å². The van der Waals surface area contributed by atoms with Crippen LogP contribution in [0.5, 0.6) is 0 Å². The van der Waals surface area contributed by atoms with E-state index in [1.165, 1.54) is 0 Å². The van der Waals surface area contributed by atoms with Crippen molar-refractivity contribution in [2.45, 2.75) is 19.3 Å². The van der Waals surface area contributed by atoms with Gasteiger partial charge in [0.15, 0.2) is 16.1 Å². The number of ether oxygens (including phenoxy) is 1. The third kappa shape index (κ3) is 5.20. The van der Waals surface area contributed by atoms with E-state index in [4.69, 9.17) is 4.74 Å². The van der Waals surface area contributed by atoms with E-state index in [0.717, 1.165) is 13.0 Å². The van der Waals surface area contributed by atoms with Gasteiger partial charge in [-0.1, -0.05) is 0 Å². The van der Waals surface area contributed by atoms with Crippen LogP contribution in [0.4, 0.5) is 0 Å². The van der Waals surface area contributed by atoms with Crippen LogP contribution in [-0.2, 0) is 21.1 Å². The number of rotatable bonds is 7. The molecule has 2 rings (SSSR count). The summed E-state index contributed by atoms with van der Waals surface area (Å²) in [6.45, 7) is 2.57. The highest BCUT2D eigenvalue weighted by atomic mass is 32.2. The SMILES string of the molecule is O=S1(=O)CCN(CC(O)OCCCn2ccnc2)CC1. The molecule has 1 unspecified atom stereocenters. The van der Waals surface area contributed by atoms with Crippen LogP contribution in [-0.4, -0.2) is 72.0 Å². The van der Waals surface area contributed by atoms with Crippen molar-refractivity contribution in [2.75, 3.05) is 37.7 Å². The Morgan fingerprint density at radius 2 is 2.10 bits per heavy atom. The van der Waals surface area contributed by atoms with Crippen molar-refractivity contribution in [2.24, 2.45) is 0 Å². The number of imidazole rings is 1. The Morgan fingerprint density at radius 1 is 1.35 bits per heavy atom. The summed E-state index contributed by atoms with van der Waals surface area (Å²) in [7, 11) is -2.87. The summed E-state index contributed by atoms with van der Waals surface area (Å²) >= 11 is 0. The van der Waals surface area contributed by atoms with Crippen molar-refractivity contribution in [1.29, 1.82) is 0 Å². The summed E-state index contributed by atoms with van der Waals surface area (Å²) < 4.78 is 29.8. The molecule has 0 aromatic carbocycles. The predicted octanol–water partition coefficient (Wildman–Crippen LogP) is -0.661. The first-order chi connectivity index (χ1) is 9.55. The van der Waals surface area contributed by atoms with Crippen molar-refractivity contribution < 1.29 is 18.3 Å². The highest BCUT2D eigenvalue weighted by Crippen LogP contribution is 2.05. The van der Waals surface area contributed by atoms with Gasteiger partial charge in [-0.2, -0.15) is 0 Å². The molecule has 0 spiro atoms. The van der Waals surface area contributed by atoms with E-state index >= 15 is 0 Å². The van der Waals surface area contributed by atoms with Crippen molar-refractivity contribution in [3.05, 3.63) is 18.7 Å². The van der Waals surface area contributed by atoms with E-state index in [9.17, 15) is 13.5 Å². The molecular formula is C12H21N3O4S. The smallest absolute Gasteiger partial charge is 0.167 e. The van der Waals surface area contributed by atoms with Gasteiger partial charge in [-0.05, 0) is 6.42 Å². The fourth-order valence-corrected chi connectivity index (χ4v) is 3.37. The lowest BCUT2D eigenvalue weighted by Gasteiger charge is -2.28. The number of sulfone groups is 1. The van der Waals surface area contributed by atoms with E-state index in [0.29, 0.717) is 26.2 Å². The molecule has 1 atom stereocenters. The summed E-state index contributed by atoms with van der Waals surface area (Å²) in [6, 6.07) is 0. The molecule has 8 heteroatoms. The number of β-amino-alcohol motifs (C(OH)–C–C–N with tert-alkyl or cyclic N) is 1. The fraction of sp³-hybridized carbons (Fsp3) is 0.750. The van der Waals surface area contributed by atoms with Gasteiger partial charge in [-0.15, -0.1) is 0 Å². The molecular weight excluding hydrogens is 282 g/mol. The number of hydrogen-bond donors (Lipinski definition) is 1. The Bertz CT molecular complexity index is 475. The molecule has 2 heterocycles. The average Bonchev–Trinajstić information content (AvgIpc) is 2.90. The average molecular weight is 303 g/mol. The monoisotopic (exact) mass is 303 g/mol. The zero-order valence-electron chi connectivity index (χ0n) is 11.4. The minimum absolute atomic E-state index is 0.167. The van der Waals surface area contributed by atoms with Crippen LogP contribution in [0.1, 0.15) is 6.42 Å². The molecule has 1 aromatic rings. The number of aliphatic hydroxyl groups excluding tert-OH is 1. The molecule has 0 radical (unpaired) electrons. The summed E-state index contributed by atoms with van der Waals surface area (Å²) in [5.41, 5.74) is 0. The van der Waals surface area contributed by atoms with Crippen LogP contribution in [0.2, 0.25) is 0 Å². The number of aromatic nitrogens is 2. The molecule has 1 N–H and O–H groups in total. The zero-order chi connectivity index (χ0) is 14.4. The minimum Gasteiger partial charge on any atom is -0.367 e. The lowest BCUT2D eigenvalue weighted by molar-refractivity contribution is -0.113. The molecule has 1 aliphatic rings. The van der Waals surface area contributed by atoms with Crippen molar-refractivity contribution >= 4 is 9.84 Å². The van der Waals surface area contributed by atoms with Gasteiger partial charge in [-0.25, -0.2) is 13.4 Å². The maximum atomic E-state index is 11.3. The van der Waals surface area contributed by atoms with Crippen LogP contribution in [0.3, 0.4) is 0 Å². The molecule has 1 aromatic heterocycles. The lowest BCUT2D eigenvalue weighted by Crippen LogP contribution is -2.44. The lowest BCUT2D eigenvalue weighted by atomic mass is 10.4. The summed E-state index contributed by atoms with van der Waals surface area (Å²) in [5.74, 6) is 0.334. The molecule has 7 nitrogen and oxygen atoms in total. The highest BCUT2D eigenvalue weighted by Gasteiger charge is 2.23. The van der Waals surface area contributed by atoms with Crippen LogP contribution in [0, 0.1) is 0 Å². The van der Waals surface area contributed by atoms with Gasteiger partial charge in [0.1, 0.15) is 0 Å². The van der Waals surface area contributed by atoms with E-state index in [2.05, 4.69) is 4.98 Å². The molecule has 0 bridgehead atoms. The highest BCUT2D eigenvalue weighted by molar-refractivity contribution is 7.91. The maximum Gasteiger partial charge on any atom is 0.167 e. The van der Waals surface area contributed by atoms with E-state index in [1.807, 2.05) is 15.7 Å². The van der Waals surface area contributed by atoms with E-state index in [-0.39, 0.29) is 11.5 Å². The van der Waals surface area contributed by atoms with Crippen LogP contribution >= 0.6 is 0 Å². The standard InChI is InChI=1S/C12H21N3O4S/c16-12(10-14-5-8-20(17,18)9-6-14)19-7-1-3-15-4-2-13-11-15/h2,4,11-12,16H,1,3,5-10H2. The van der Waals surface area contributed by atoms with Gasteiger partial charge in [0.2, 0.25) is 0 Å². The normalized spacial score (nSPS) is 20.9. The number of hydrogen-bond acceptors (Lipinski definition) is 6. The Balaban J connectivity index is 1.57. The first kappa shape index (κ1) is 15.4. The second-order valence-corrected chi connectivity index (χ2v) is 7.24. The zero-order valence-corrected chi connectivity index (χ0v) is 12.2. The molecule has 20 heavy (non-hydrogen) atoms. The number of nitrogens with zero attached hydrogens (tertiary/aromatic N) is 3. The molecule has 1 aliphatic heterocycles. The summed E-state index contributed by atoms with van der Waals surface area (Å²) in [6.07, 6.45) is 5.27. The van der Waals surface area contributed by atoms with Crippen molar-refractivity contribution in [3.8, 4) is 0 Å². The van der Waals surface area contributed by atoms with Crippen molar-refractivity contribution in [1.82, 2.24) is 14.5 Å². The largest absolute Gasteiger partial charge is 0.367 e. The van der Waals surface area contributed by atoms with Gasteiger partial charge in [-0.3, -0.25) is 4.90 Å². The fourth-order valence-electron chi connectivity index (χ4n) is 2.09. The van der Waals surface area contributed by atoms with Crippen LogP contribution in [0.15, 0.2) is 18.7 Å². The Morgan fingerprint density at radius 3 is 2.75 bits per heavy atom. The van der Waals surface area contributed by atoms with Crippen LogP contribution in [0.25, 0.3) is 0 Å². The molecule has 1 fully saturated rings. The first-order valence-corrected chi connectivity index (χ1v) is 8.55. The summed E-state index contributed by atoms with van der Waals surface area (Å²) in [5, 5.41) is 9.76. The van der Waals surface area contributed by atoms with Crippen molar-refractivity contribution in [3.63, 3.8) is 0 Å². The number of aryl methyl sites for hydroxylation is 1. The topological polar surface area (TPSA) is 84.7 Å². The second kappa shape index (κ2) is 7.16. The van der Waals surface area contributed by atoms with Gasteiger partial charge >= 0.3 is 0 Å². The molecule has 114 valence electrons. The maximum absolute atomic E-state index is 11.3. The quantitative estimate of drug-likeness (QED) is 0.532. The third-order valence-electron chi connectivity index (χ3n) is 3.28. The molecule has 1 saturated heterocycles. The second-order valence-electron chi connectivity index (χ2n) is 4.93. The number of aliphatic hydroxyl groups is 1. The van der Waals surface area contributed by atoms with Gasteiger partial charge in [0.05, 0.1) is 24.4 Å². The summed E-state index contributed by atoms with van der Waals surface area (Å²) in [4.78, 5) is 5.86. The first-order valence-electron chi connectivity index (χ1n) is 6.73. The van der Waals surface area contributed by atoms with E-state index < -0.39 is 16.1 Å². The van der Waals surface area contributed by atoms with Gasteiger partial charge in [0, 0.05) is 38.6 Å².